The zero-order valence-corrected chi connectivity index (χ0v) is 14.1. The summed E-state index contributed by atoms with van der Waals surface area (Å²) in [6.45, 7) is 1.57. The van der Waals surface area contributed by atoms with E-state index in [4.69, 9.17) is 0 Å². The Bertz CT molecular complexity index is 1260. The largest absolute Gasteiger partial charge is 0.287 e. The number of fused-ring (bicyclic) bond motifs is 1. The van der Waals surface area contributed by atoms with Crippen molar-refractivity contribution in [2.45, 2.75) is 6.92 Å². The fourth-order valence-corrected chi connectivity index (χ4v) is 2.72. The van der Waals surface area contributed by atoms with E-state index >= 15 is 0 Å². The highest BCUT2D eigenvalue weighted by molar-refractivity contribution is 5.99. The van der Waals surface area contributed by atoms with Crippen LogP contribution in [0.1, 0.15) is 16.1 Å². The highest BCUT2D eigenvalue weighted by atomic mass is 16.2. The topological polar surface area (TPSA) is 128 Å². The van der Waals surface area contributed by atoms with Gasteiger partial charge in [0.1, 0.15) is 0 Å². The number of aromatic amines is 1. The Morgan fingerprint density at radius 1 is 1.15 bits per heavy atom. The lowest BCUT2D eigenvalue weighted by molar-refractivity contribution is 0.101. The summed E-state index contributed by atoms with van der Waals surface area (Å²) in [7, 11) is 0. The molecular weight excluding hydrogens is 350 g/mol. The zero-order valence-electron chi connectivity index (χ0n) is 14.1. The molecular formula is C17H13N7O3. The van der Waals surface area contributed by atoms with Gasteiger partial charge in [0.25, 0.3) is 23.0 Å². The number of carbonyl (C=O) groups is 1. The number of carbonyl (C=O) groups excluding carboxylic acids is 1. The van der Waals surface area contributed by atoms with Crippen molar-refractivity contribution in [3.63, 3.8) is 0 Å². The number of H-pyrrole nitrogens is 1. The molecule has 4 aromatic rings. The molecule has 0 unspecified atom stereocenters. The summed E-state index contributed by atoms with van der Waals surface area (Å²) in [5.74, 6) is -0.369. The summed E-state index contributed by atoms with van der Waals surface area (Å²) in [5, 5.41) is 3.06. The van der Waals surface area contributed by atoms with Crippen molar-refractivity contribution in [2.75, 3.05) is 5.43 Å². The number of hydrogen-bond acceptors (Lipinski definition) is 6. The highest BCUT2D eigenvalue weighted by Crippen LogP contribution is 2.11. The average Bonchev–Trinajstić information content (AvgIpc) is 3.02. The molecule has 0 saturated heterocycles. The van der Waals surface area contributed by atoms with Gasteiger partial charge in [0, 0.05) is 30.9 Å². The summed E-state index contributed by atoms with van der Waals surface area (Å²) in [6.07, 6.45) is 5.92. The van der Waals surface area contributed by atoms with Gasteiger partial charge in [0.05, 0.1) is 22.2 Å². The number of hydrogen-bond donors (Lipinski definition) is 2. The van der Waals surface area contributed by atoms with Crippen LogP contribution in [0.15, 0.2) is 58.6 Å². The molecule has 0 spiro atoms. The van der Waals surface area contributed by atoms with Crippen LogP contribution in [0.3, 0.4) is 0 Å². The van der Waals surface area contributed by atoms with Gasteiger partial charge < -0.3 is 0 Å². The van der Waals surface area contributed by atoms with Crippen LogP contribution in [0.25, 0.3) is 16.9 Å². The van der Waals surface area contributed by atoms with E-state index in [0.717, 1.165) is 9.36 Å². The van der Waals surface area contributed by atoms with Gasteiger partial charge in [0.15, 0.2) is 0 Å². The third-order valence-corrected chi connectivity index (χ3v) is 3.99. The highest BCUT2D eigenvalue weighted by Gasteiger charge is 2.17. The Balaban J connectivity index is 1.84. The third kappa shape index (κ3) is 2.78. The summed E-state index contributed by atoms with van der Waals surface area (Å²) in [5.41, 5.74) is 2.45. The van der Waals surface area contributed by atoms with Crippen molar-refractivity contribution in [3.05, 3.63) is 81.0 Å². The maximum absolute atomic E-state index is 12.8. The van der Waals surface area contributed by atoms with E-state index < -0.39 is 17.0 Å². The van der Waals surface area contributed by atoms with E-state index in [1.165, 1.54) is 30.9 Å². The molecule has 0 radical (unpaired) electrons. The van der Waals surface area contributed by atoms with E-state index in [0.29, 0.717) is 5.52 Å². The molecule has 0 bridgehead atoms. The molecule has 0 aliphatic carbocycles. The molecule has 0 fully saturated rings. The van der Waals surface area contributed by atoms with Gasteiger partial charge in [-0.3, -0.25) is 29.9 Å². The van der Waals surface area contributed by atoms with E-state index in [-0.39, 0.29) is 22.6 Å². The standard InChI is InChI=1S/C17H13N7O3/c1-10-14-12(21-24(16(14)27)17-19-6-3-7-20-17)8-13(25)23(10)22-15(26)11-4-2-5-18-9-11/h2-9,21H,1H3,(H,22,26). The fraction of sp³-hybridized carbons (Fsp3) is 0.0588. The van der Waals surface area contributed by atoms with Crippen molar-refractivity contribution in [3.8, 4) is 5.95 Å². The maximum atomic E-state index is 12.8. The summed E-state index contributed by atoms with van der Waals surface area (Å²) >= 11 is 0. The van der Waals surface area contributed by atoms with Crippen LogP contribution in [0, 0.1) is 6.92 Å². The van der Waals surface area contributed by atoms with E-state index in [1.807, 2.05) is 0 Å². The minimum Gasteiger partial charge on any atom is -0.287 e. The van der Waals surface area contributed by atoms with Crippen molar-refractivity contribution in [1.82, 2.24) is 29.4 Å². The van der Waals surface area contributed by atoms with Crippen LogP contribution in [0.5, 0.6) is 0 Å². The Kier molecular flexibility index (Phi) is 3.84. The molecule has 0 aliphatic heterocycles. The molecule has 2 N–H and O–H groups in total. The molecule has 10 heteroatoms. The first-order valence-corrected chi connectivity index (χ1v) is 7.92. The van der Waals surface area contributed by atoms with Gasteiger partial charge in [-0.1, -0.05) is 0 Å². The second-order valence-electron chi connectivity index (χ2n) is 5.68. The van der Waals surface area contributed by atoms with Crippen LogP contribution >= 0.6 is 0 Å². The zero-order chi connectivity index (χ0) is 19.0. The number of aromatic nitrogens is 6. The molecule has 1 amide bonds. The summed E-state index contributed by atoms with van der Waals surface area (Å²) < 4.78 is 2.17. The van der Waals surface area contributed by atoms with Gasteiger partial charge in [-0.25, -0.2) is 14.6 Å². The van der Waals surface area contributed by atoms with E-state index in [2.05, 4.69) is 25.5 Å². The predicted molar refractivity (Wildman–Crippen MR) is 96.4 cm³/mol. The van der Waals surface area contributed by atoms with Crippen LogP contribution in [-0.2, 0) is 0 Å². The number of pyridine rings is 2. The van der Waals surface area contributed by atoms with Gasteiger partial charge >= 0.3 is 0 Å². The molecule has 134 valence electrons. The van der Waals surface area contributed by atoms with Gasteiger partial charge in [-0.05, 0) is 25.1 Å². The molecule has 0 aromatic carbocycles. The Morgan fingerprint density at radius 3 is 2.63 bits per heavy atom. The van der Waals surface area contributed by atoms with Crippen LogP contribution in [-0.4, -0.2) is 35.3 Å². The number of amides is 1. The quantitative estimate of drug-likeness (QED) is 0.541. The second-order valence-corrected chi connectivity index (χ2v) is 5.68. The molecule has 10 nitrogen and oxygen atoms in total. The molecule has 0 atom stereocenters. The van der Waals surface area contributed by atoms with E-state index in [1.54, 1.807) is 25.1 Å². The maximum Gasteiger partial charge on any atom is 0.283 e. The predicted octanol–water partition coefficient (Wildman–Crippen LogP) is 0.358. The SMILES string of the molecule is Cc1c2c(=O)n(-c3ncccn3)[nH]c2cc(=O)n1NC(=O)c1cccnc1. The lowest BCUT2D eigenvalue weighted by Gasteiger charge is -2.11. The number of aryl methyl sites for hydroxylation is 1. The first-order chi connectivity index (χ1) is 13.1. The van der Waals surface area contributed by atoms with Gasteiger partial charge in [-0.2, -0.15) is 4.68 Å². The Morgan fingerprint density at radius 2 is 1.93 bits per heavy atom. The first-order valence-electron chi connectivity index (χ1n) is 7.92. The summed E-state index contributed by atoms with van der Waals surface area (Å²) in [4.78, 5) is 49.5. The van der Waals surface area contributed by atoms with Crippen molar-refractivity contribution in [2.24, 2.45) is 0 Å². The number of rotatable bonds is 3. The average molecular weight is 363 g/mol. The first kappa shape index (κ1) is 16.4. The van der Waals surface area contributed by atoms with Crippen LogP contribution < -0.4 is 16.5 Å². The third-order valence-electron chi connectivity index (χ3n) is 3.99. The van der Waals surface area contributed by atoms with E-state index in [9.17, 15) is 14.4 Å². The molecule has 4 heterocycles. The monoisotopic (exact) mass is 363 g/mol. The minimum absolute atomic E-state index is 0.150. The fourth-order valence-electron chi connectivity index (χ4n) is 2.72. The lowest BCUT2D eigenvalue weighted by Crippen LogP contribution is -2.35. The number of nitrogens with zero attached hydrogens (tertiary/aromatic N) is 5. The molecule has 0 saturated carbocycles. The summed E-state index contributed by atoms with van der Waals surface area (Å²) in [6, 6.07) is 6.03. The molecule has 4 aromatic heterocycles. The van der Waals surface area contributed by atoms with Crippen molar-refractivity contribution < 1.29 is 4.79 Å². The van der Waals surface area contributed by atoms with Gasteiger partial charge in [-0.15, -0.1) is 0 Å². The van der Waals surface area contributed by atoms with Crippen LogP contribution in [0.4, 0.5) is 0 Å². The Labute approximate surface area is 151 Å². The Hall–Kier alpha value is -4.08. The normalized spacial score (nSPS) is 10.9. The van der Waals surface area contributed by atoms with Crippen molar-refractivity contribution >= 4 is 16.8 Å². The smallest absolute Gasteiger partial charge is 0.283 e. The minimum atomic E-state index is -0.519. The van der Waals surface area contributed by atoms with Crippen molar-refractivity contribution in [1.29, 1.82) is 0 Å². The van der Waals surface area contributed by atoms with Crippen LogP contribution in [0.2, 0.25) is 0 Å². The lowest BCUT2D eigenvalue weighted by atomic mass is 10.2. The molecule has 0 aliphatic rings. The second kappa shape index (κ2) is 6.33. The molecule has 4 rings (SSSR count). The number of nitrogens with one attached hydrogen (secondary N) is 2. The molecule has 27 heavy (non-hydrogen) atoms. The van der Waals surface area contributed by atoms with Gasteiger partial charge in [0.2, 0.25) is 0 Å².